The predicted octanol–water partition coefficient (Wildman–Crippen LogP) is 17.6. The van der Waals surface area contributed by atoms with Crippen LogP contribution in [-0.4, -0.2) is 43.6 Å². The Balaban J connectivity index is -0.000000869. The minimum absolute atomic E-state index is 0.0736. The second kappa shape index (κ2) is 62.4. The van der Waals surface area contributed by atoms with Gasteiger partial charge in [-0.15, -0.1) is 0 Å². The molecule has 0 saturated carbocycles. The van der Waals surface area contributed by atoms with E-state index in [1.807, 2.05) is 0 Å². The van der Waals surface area contributed by atoms with Gasteiger partial charge in [-0.25, -0.2) is 0 Å². The summed E-state index contributed by atoms with van der Waals surface area (Å²) >= 11 is 8.05. The van der Waals surface area contributed by atoms with Crippen LogP contribution in [0, 0.1) is 0 Å². The minimum atomic E-state index is -1.03. The normalized spacial score (nSPS) is 11.9. The van der Waals surface area contributed by atoms with Crippen LogP contribution in [0.3, 0.4) is 0 Å². The molecule has 0 radical (unpaired) electrons. The second-order valence-electron chi connectivity index (χ2n) is 19.1. The molecule has 0 aromatic rings. The van der Waals surface area contributed by atoms with Gasteiger partial charge in [0.15, 0.2) is 0 Å². The van der Waals surface area contributed by atoms with Crippen LogP contribution in [0.2, 0.25) is 8.87 Å². The molecule has 63 heavy (non-hydrogen) atoms. The maximum atomic E-state index is 10.5. The molecule has 0 aliphatic rings. The third kappa shape index (κ3) is 66.8. The molecule has 0 aromatic heterocycles. The number of carboxylic acids is 2. The van der Waals surface area contributed by atoms with E-state index in [0.29, 0.717) is 12.8 Å². The number of carbonyl (C=O) groups is 2. The first kappa shape index (κ1) is 67.7. The van der Waals surface area contributed by atoms with Crippen molar-refractivity contribution in [2.45, 2.75) is 342 Å². The van der Waals surface area contributed by atoms with E-state index in [2.05, 4.69) is 53.0 Å². The zero-order valence-corrected chi connectivity index (χ0v) is 47.8. The third-order valence-corrected chi connectivity index (χ3v) is 17.6. The standard InChI is InChI=1S/2C20H40O2S.2C8H17.Sn/c2*1-2-3-4-5-6-7-8-9-10-11-12-13-14-15-16-17-18-19(23)20(21)22;2*1-3-5-7-8-6-4-2;/h2*19,23H,2-18H2,1H3,(H,21,22);2*1,3-8H2,2H3;/q;;;;+2/p-2. The Morgan fingerprint density at radius 1 is 0.302 bits per heavy atom. The van der Waals surface area contributed by atoms with Crippen LogP contribution in [0.4, 0.5) is 0 Å². The molecule has 7 heteroatoms. The number of rotatable bonds is 50. The molecule has 0 heterocycles. The van der Waals surface area contributed by atoms with Gasteiger partial charge < -0.3 is 19.8 Å². The molecule has 376 valence electrons. The van der Waals surface area contributed by atoms with Gasteiger partial charge in [0.2, 0.25) is 0 Å². The van der Waals surface area contributed by atoms with Gasteiger partial charge in [-0.1, -0.05) is 219 Å². The van der Waals surface area contributed by atoms with E-state index in [9.17, 15) is 19.8 Å². The Morgan fingerprint density at radius 2 is 0.460 bits per heavy atom. The van der Waals surface area contributed by atoms with Crippen molar-refractivity contribution in [2.24, 2.45) is 0 Å². The third-order valence-electron chi connectivity index (χ3n) is 12.6. The van der Waals surface area contributed by atoms with Crippen LogP contribution in [-0.2, 0) is 9.59 Å². The van der Waals surface area contributed by atoms with Crippen LogP contribution in [0.1, 0.15) is 323 Å². The van der Waals surface area contributed by atoms with Crippen molar-refractivity contribution in [3.05, 3.63) is 0 Å². The molecule has 0 fully saturated rings. The average molecular weight is 1030 g/mol. The summed E-state index contributed by atoms with van der Waals surface area (Å²) < 4.78 is 3.31. The average Bonchev–Trinajstić information content (AvgIpc) is 3.27. The quantitative estimate of drug-likeness (QED) is 0.0361. The van der Waals surface area contributed by atoms with E-state index in [1.54, 1.807) is 21.7 Å². The Hall–Kier alpha value is 0.439. The molecular formula is C56H112O4S2Sn. The van der Waals surface area contributed by atoms with Crippen molar-refractivity contribution >= 4 is 58.3 Å². The van der Waals surface area contributed by atoms with Crippen LogP contribution in [0.25, 0.3) is 0 Å². The number of unbranched alkanes of at least 4 members (excludes halogenated alkanes) is 40. The van der Waals surface area contributed by atoms with Gasteiger partial charge in [-0.05, 0) is 12.8 Å². The van der Waals surface area contributed by atoms with E-state index in [0.717, 1.165) is 25.7 Å². The summed E-state index contributed by atoms with van der Waals surface area (Å²) in [6, 6.07) is 0. The van der Waals surface area contributed by atoms with Gasteiger partial charge in [0, 0.05) is 10.5 Å². The van der Waals surface area contributed by atoms with Crippen molar-refractivity contribution in [1.82, 2.24) is 0 Å². The Bertz CT molecular complexity index is 780. The molecular weight excluding hydrogens is 919 g/mol. The molecule has 0 aliphatic heterocycles. The molecule has 0 amide bonds. The van der Waals surface area contributed by atoms with Gasteiger partial charge in [0.05, 0.1) is 11.9 Å². The number of hydrogen-bond acceptors (Lipinski definition) is 6. The van der Waals surface area contributed by atoms with Crippen LogP contribution < -0.4 is 10.2 Å². The van der Waals surface area contributed by atoms with Crippen LogP contribution >= 0.6 is 25.3 Å². The summed E-state index contributed by atoms with van der Waals surface area (Å²) in [5.74, 6) is -2.07. The van der Waals surface area contributed by atoms with Gasteiger partial charge >= 0.3 is 121 Å². The van der Waals surface area contributed by atoms with Crippen molar-refractivity contribution in [2.75, 3.05) is 0 Å². The number of aliphatic carboxylic acids is 2. The Morgan fingerprint density at radius 3 is 0.635 bits per heavy atom. The molecule has 0 aromatic carbocycles. The Kier molecular flexibility index (Phi) is 67.1. The van der Waals surface area contributed by atoms with E-state index in [4.69, 9.17) is 0 Å². The molecule has 0 spiro atoms. The molecule has 0 bridgehead atoms. The fraction of sp³-hybridized carbons (Fsp3) is 0.964. The molecule has 0 N–H and O–H groups in total. The van der Waals surface area contributed by atoms with Gasteiger partial charge in [-0.2, -0.15) is 25.3 Å². The monoisotopic (exact) mass is 1030 g/mol. The number of carbonyl (C=O) groups excluding carboxylic acids is 2. The topological polar surface area (TPSA) is 80.3 Å². The van der Waals surface area contributed by atoms with Gasteiger partial charge in [-0.3, -0.25) is 0 Å². The summed E-state index contributed by atoms with van der Waals surface area (Å²) in [6.45, 7) is 9.15. The van der Waals surface area contributed by atoms with E-state index in [1.165, 1.54) is 244 Å². The van der Waals surface area contributed by atoms with Crippen molar-refractivity contribution in [3.63, 3.8) is 0 Å². The number of thiol groups is 2. The zero-order valence-electron chi connectivity index (χ0n) is 43.1. The Labute approximate surface area is 417 Å². The summed E-state index contributed by atoms with van der Waals surface area (Å²) in [4.78, 5) is 21.0. The van der Waals surface area contributed by atoms with E-state index >= 15 is 0 Å². The van der Waals surface area contributed by atoms with Crippen molar-refractivity contribution in [3.8, 4) is 0 Å². The maximum absolute atomic E-state index is 10.5. The van der Waals surface area contributed by atoms with Crippen LogP contribution in [0.15, 0.2) is 0 Å². The molecule has 2 atom stereocenters. The van der Waals surface area contributed by atoms with Gasteiger partial charge in [0.25, 0.3) is 0 Å². The van der Waals surface area contributed by atoms with E-state index in [-0.39, 0.29) is 21.1 Å². The molecule has 0 saturated heterocycles. The fourth-order valence-corrected chi connectivity index (χ4v) is 12.1. The first-order valence-electron chi connectivity index (χ1n) is 28.3. The SMILES string of the molecule is CCCCCCCCCCCCCCCCCCC(S)C(=O)[O-].CCCCCCCCCCCCCCCCCCC(S)C(=O)[O-].CCCCCCC[CH2][Sn+2][CH2]CCCCCCC. The molecule has 0 rings (SSSR count). The molecule has 2 unspecified atom stereocenters. The summed E-state index contributed by atoms with van der Waals surface area (Å²) in [6.07, 6.45) is 62.0. The zero-order chi connectivity index (χ0) is 47.0. The fourth-order valence-electron chi connectivity index (χ4n) is 8.19. The first-order valence-corrected chi connectivity index (χ1v) is 33.3. The van der Waals surface area contributed by atoms with Crippen molar-refractivity contribution < 1.29 is 19.8 Å². The molecule has 4 nitrogen and oxygen atoms in total. The van der Waals surface area contributed by atoms with Gasteiger partial charge in [0.1, 0.15) is 0 Å². The predicted molar refractivity (Wildman–Crippen MR) is 286 cm³/mol. The number of carboxylic acid groups (broad SMARTS) is 2. The second-order valence-corrected chi connectivity index (χ2v) is 24.7. The van der Waals surface area contributed by atoms with Crippen LogP contribution in [0.5, 0.6) is 0 Å². The first-order chi connectivity index (χ1) is 30.8. The van der Waals surface area contributed by atoms with Crippen molar-refractivity contribution in [1.29, 1.82) is 0 Å². The van der Waals surface area contributed by atoms with E-state index < -0.39 is 22.4 Å². The summed E-state index contributed by atoms with van der Waals surface area (Å²) in [5, 5.41) is 19.8. The molecule has 0 aliphatic carbocycles. The summed E-state index contributed by atoms with van der Waals surface area (Å²) in [7, 11) is 0. The number of hydrogen-bond donors (Lipinski definition) is 2. The summed E-state index contributed by atoms with van der Waals surface area (Å²) in [5.41, 5.74) is 0.